The van der Waals surface area contributed by atoms with Crippen LogP contribution in [-0.4, -0.2) is 66.0 Å². The first-order valence-corrected chi connectivity index (χ1v) is 17.7. The van der Waals surface area contributed by atoms with Crippen molar-refractivity contribution in [1.82, 2.24) is 9.78 Å². The number of methoxy groups -OCH3 is 1. The zero-order chi connectivity index (χ0) is 28.9. The Bertz CT molecular complexity index is 1530. The van der Waals surface area contributed by atoms with Gasteiger partial charge in [0, 0.05) is 35.1 Å². The molecule has 3 aromatic rings. The Labute approximate surface area is 246 Å². The second-order valence-corrected chi connectivity index (χ2v) is 17.5. The summed E-state index contributed by atoms with van der Waals surface area (Å²) < 4.78 is 19.8. The van der Waals surface area contributed by atoms with Crippen LogP contribution >= 0.6 is 21.4 Å². The summed E-state index contributed by atoms with van der Waals surface area (Å²) in [5.74, 6) is 1.73. The van der Waals surface area contributed by atoms with Crippen LogP contribution in [0.15, 0.2) is 44.2 Å². The van der Waals surface area contributed by atoms with Crippen molar-refractivity contribution in [2.24, 2.45) is 26.6 Å². The summed E-state index contributed by atoms with van der Waals surface area (Å²) >= 11 is 1.59. The van der Waals surface area contributed by atoms with Crippen LogP contribution < -0.4 is 9.47 Å². The molecule has 0 aliphatic carbocycles. The van der Waals surface area contributed by atoms with Gasteiger partial charge in [0.05, 0.1) is 30.7 Å². The normalized spacial score (nSPS) is 22.1. The largest absolute Gasteiger partial charge is 0.496 e. The van der Waals surface area contributed by atoms with E-state index in [0.717, 1.165) is 47.5 Å². The number of aromatic nitrogens is 2. The van der Waals surface area contributed by atoms with Crippen molar-refractivity contribution in [2.45, 2.75) is 45.2 Å². The lowest BCUT2D eigenvalue weighted by atomic mass is 9.81. The van der Waals surface area contributed by atoms with Crippen LogP contribution in [0.2, 0.25) is 0 Å². The number of hydrogen-bond acceptors (Lipinski definition) is 9. The zero-order valence-corrected chi connectivity index (χ0v) is 26.1. The van der Waals surface area contributed by atoms with Gasteiger partial charge in [-0.05, 0) is 61.0 Å². The van der Waals surface area contributed by atoms with Crippen molar-refractivity contribution in [1.29, 1.82) is 0 Å². The van der Waals surface area contributed by atoms with Crippen LogP contribution in [0.4, 0.5) is 0 Å². The average Bonchev–Trinajstić information content (AvgIpc) is 3.69. The van der Waals surface area contributed by atoms with E-state index in [1.807, 2.05) is 33.6 Å². The lowest BCUT2D eigenvalue weighted by Crippen LogP contribution is -2.28. The van der Waals surface area contributed by atoms with Crippen LogP contribution in [0.5, 0.6) is 11.5 Å². The van der Waals surface area contributed by atoms with E-state index < -0.39 is 10.0 Å². The fraction of sp³-hybridized carbons (Fsp3) is 0.500. The molecule has 9 nitrogen and oxygen atoms in total. The van der Waals surface area contributed by atoms with Crippen molar-refractivity contribution in [3.05, 3.63) is 45.8 Å². The smallest absolute Gasteiger partial charge is 0.193 e. The minimum Gasteiger partial charge on any atom is -0.496 e. The van der Waals surface area contributed by atoms with Gasteiger partial charge >= 0.3 is 0 Å². The van der Waals surface area contributed by atoms with Crippen LogP contribution in [0.25, 0.3) is 16.9 Å². The second-order valence-electron chi connectivity index (χ2n) is 12.4. The zero-order valence-electron chi connectivity index (χ0n) is 24.5. The van der Waals surface area contributed by atoms with Gasteiger partial charge in [-0.2, -0.15) is 16.4 Å². The van der Waals surface area contributed by atoms with Crippen molar-refractivity contribution in [3.63, 3.8) is 0 Å². The van der Waals surface area contributed by atoms with Gasteiger partial charge < -0.3 is 14.2 Å². The molecule has 0 amide bonds. The van der Waals surface area contributed by atoms with Crippen LogP contribution in [-0.2, 0) is 11.3 Å². The highest BCUT2D eigenvalue weighted by Gasteiger charge is 2.36. The third kappa shape index (κ3) is 5.35. The lowest BCUT2D eigenvalue weighted by molar-refractivity contribution is 0.0283. The fourth-order valence-electron chi connectivity index (χ4n) is 5.48. The number of hydrogen-bond donors (Lipinski definition) is 0. The van der Waals surface area contributed by atoms with Gasteiger partial charge in [0.2, 0.25) is 0 Å². The third-order valence-corrected chi connectivity index (χ3v) is 10.0. The van der Waals surface area contributed by atoms with Crippen molar-refractivity contribution in [3.8, 4) is 28.4 Å². The minimum atomic E-state index is -1.07. The Morgan fingerprint density at radius 1 is 1.20 bits per heavy atom. The first kappa shape index (κ1) is 28.1. The quantitative estimate of drug-likeness (QED) is 0.295. The van der Waals surface area contributed by atoms with Gasteiger partial charge in [-0.15, -0.1) is 10.2 Å². The molecule has 11 heteroatoms. The number of ketones is 1. The summed E-state index contributed by atoms with van der Waals surface area (Å²) in [7, 11) is 0.563. The van der Waals surface area contributed by atoms with Crippen molar-refractivity contribution in [2.75, 3.05) is 39.1 Å². The summed E-state index contributed by atoms with van der Waals surface area (Å²) in [5, 5.41) is 17.9. The Morgan fingerprint density at radius 3 is 2.73 bits per heavy atom. The molecule has 6 rings (SSSR count). The summed E-state index contributed by atoms with van der Waals surface area (Å²) in [4.78, 5) is 19.0. The van der Waals surface area contributed by atoms with E-state index in [4.69, 9.17) is 24.3 Å². The Balaban J connectivity index is 1.46. The number of thiophene rings is 1. The van der Waals surface area contributed by atoms with Gasteiger partial charge in [0.25, 0.3) is 0 Å². The van der Waals surface area contributed by atoms with Crippen LogP contribution in [0.3, 0.4) is 0 Å². The number of carbonyl (C=O) groups is 1. The van der Waals surface area contributed by atoms with Crippen molar-refractivity contribution < 1.29 is 19.0 Å². The molecule has 0 saturated carbocycles. The minimum absolute atomic E-state index is 0.0414. The molecule has 1 saturated heterocycles. The molecule has 0 spiro atoms. The number of ether oxygens (including phenoxy) is 3. The van der Waals surface area contributed by atoms with E-state index in [1.54, 1.807) is 18.4 Å². The fourth-order valence-corrected chi connectivity index (χ4v) is 6.84. The van der Waals surface area contributed by atoms with E-state index in [1.165, 1.54) is 0 Å². The summed E-state index contributed by atoms with van der Waals surface area (Å²) in [6.45, 7) is 5.94. The number of rotatable bonds is 6. The number of amidine groups is 1. The predicted molar refractivity (Wildman–Crippen MR) is 165 cm³/mol. The number of azo groups is 1. The molecule has 5 heterocycles. The monoisotopic (exact) mass is 595 g/mol. The number of benzene rings is 1. The van der Waals surface area contributed by atoms with Gasteiger partial charge in [0.15, 0.2) is 17.1 Å². The number of aliphatic imine (C=N–C) groups is 1. The molecule has 1 aromatic carbocycles. The maximum absolute atomic E-state index is 14.1. The number of fused-ring (bicyclic) bond motifs is 3. The Morgan fingerprint density at radius 2 is 2.02 bits per heavy atom. The van der Waals surface area contributed by atoms with Gasteiger partial charge in [-0.1, -0.05) is 13.8 Å². The number of Topliss-reactive ketones (excluding diaryl/α,β-unsaturated/α-hetero) is 1. The van der Waals surface area contributed by atoms with E-state index in [2.05, 4.69) is 42.8 Å². The molecule has 0 bridgehead atoms. The maximum atomic E-state index is 14.1. The molecule has 218 valence electrons. The summed E-state index contributed by atoms with van der Waals surface area (Å²) in [6, 6.07) is 5.89. The van der Waals surface area contributed by atoms with E-state index >= 15 is 0 Å². The summed E-state index contributed by atoms with van der Waals surface area (Å²) in [5.41, 5.74) is 4.46. The molecule has 0 radical (unpaired) electrons. The third-order valence-electron chi connectivity index (χ3n) is 7.90. The summed E-state index contributed by atoms with van der Waals surface area (Å²) in [6.07, 6.45) is 8.95. The van der Waals surface area contributed by atoms with Crippen LogP contribution in [0.1, 0.15) is 54.7 Å². The molecular weight excluding hydrogens is 558 g/mol. The average molecular weight is 596 g/mol. The van der Waals surface area contributed by atoms with Crippen LogP contribution in [0, 0.1) is 11.3 Å². The van der Waals surface area contributed by atoms with Gasteiger partial charge in [-0.25, -0.2) is 19.7 Å². The molecular formula is C30H37N5O4S2. The van der Waals surface area contributed by atoms with Crippen molar-refractivity contribution >= 4 is 33.0 Å². The molecule has 1 fully saturated rings. The van der Waals surface area contributed by atoms with Gasteiger partial charge in [-0.3, -0.25) is 4.79 Å². The topological polar surface area (TPSA) is 99.7 Å². The highest BCUT2D eigenvalue weighted by Crippen LogP contribution is 2.47. The van der Waals surface area contributed by atoms with E-state index in [0.29, 0.717) is 36.1 Å². The first-order valence-electron chi connectivity index (χ1n) is 13.8. The molecule has 41 heavy (non-hydrogen) atoms. The SMILES string of the molecule is COc1cc2c(cc1C1=NC(S(C)(C)C)N=N1)-c1c(c(C(=O)C3CCOCC(C)(C)CC3)nn1-c1ccsc1)CO2. The molecule has 2 atom stereocenters. The molecule has 2 unspecified atom stereocenters. The van der Waals surface area contributed by atoms with Gasteiger partial charge in [0.1, 0.15) is 23.8 Å². The number of nitrogens with zero attached hydrogens (tertiary/aromatic N) is 5. The Kier molecular flexibility index (Phi) is 7.32. The van der Waals surface area contributed by atoms with E-state index in [-0.39, 0.29) is 29.2 Å². The highest BCUT2D eigenvalue weighted by atomic mass is 32.3. The Hall–Kier alpha value is -3.02. The molecule has 3 aliphatic rings. The molecule has 0 N–H and O–H groups in total. The first-order chi connectivity index (χ1) is 19.6. The molecule has 2 aromatic heterocycles. The number of carbonyl (C=O) groups excluding carboxylic acids is 1. The standard InChI is InChI=1S/C30H37N5O4S2/c1-30(2)10-7-18(8-11-38-17-30)27(36)25-22-15-39-24-14-23(37-3)21(28-31-29(33-32-28)41(4,5)6)13-20(24)26(22)35(34-25)19-9-12-40-16-19/h9,12-14,16,18,29H,7-8,10-11,15,17H2,1-6H3. The second kappa shape index (κ2) is 10.7. The predicted octanol–water partition coefficient (Wildman–Crippen LogP) is 6.72. The highest BCUT2D eigenvalue weighted by molar-refractivity contribution is 8.32. The maximum Gasteiger partial charge on any atom is 0.193 e. The lowest BCUT2D eigenvalue weighted by Gasteiger charge is -2.29. The van der Waals surface area contributed by atoms with E-state index in [9.17, 15) is 4.79 Å². The molecule has 3 aliphatic heterocycles.